The van der Waals surface area contributed by atoms with Crippen LogP contribution in [0.2, 0.25) is 0 Å². The number of amides is 3. The highest BCUT2D eigenvalue weighted by molar-refractivity contribution is 5.96. The highest BCUT2D eigenvalue weighted by Crippen LogP contribution is 2.20. The molecule has 33 heavy (non-hydrogen) atoms. The van der Waals surface area contributed by atoms with Crippen molar-refractivity contribution in [3.63, 3.8) is 0 Å². The van der Waals surface area contributed by atoms with Crippen LogP contribution in [0.1, 0.15) is 61.4 Å². The fourth-order valence-corrected chi connectivity index (χ4v) is 3.80. The summed E-state index contributed by atoms with van der Waals surface area (Å²) < 4.78 is 5.71. The van der Waals surface area contributed by atoms with Gasteiger partial charge in [0, 0.05) is 25.1 Å². The fourth-order valence-electron chi connectivity index (χ4n) is 3.80. The lowest BCUT2D eigenvalue weighted by Crippen LogP contribution is -2.45. The molecule has 0 radical (unpaired) electrons. The van der Waals surface area contributed by atoms with E-state index in [-0.39, 0.29) is 18.2 Å². The van der Waals surface area contributed by atoms with E-state index in [0.717, 1.165) is 18.4 Å². The Hall–Kier alpha value is -3.35. The molecule has 1 heterocycles. The van der Waals surface area contributed by atoms with Crippen LogP contribution in [0.15, 0.2) is 54.6 Å². The SMILES string of the molecule is CCCCCCCOc1ccc(C(=O)NNC(=O)C2CC(=O)N(Cc3ccccc3)C2)cc1. The number of hydrazine groups is 1. The van der Waals surface area contributed by atoms with E-state index < -0.39 is 11.8 Å². The van der Waals surface area contributed by atoms with Crippen LogP contribution in [0.5, 0.6) is 5.75 Å². The van der Waals surface area contributed by atoms with Crippen molar-refractivity contribution in [1.82, 2.24) is 15.8 Å². The number of carbonyl (C=O) groups is 3. The molecule has 1 fully saturated rings. The maximum absolute atomic E-state index is 12.5. The van der Waals surface area contributed by atoms with Crippen LogP contribution >= 0.6 is 0 Å². The summed E-state index contributed by atoms with van der Waals surface area (Å²) in [6.45, 7) is 3.66. The van der Waals surface area contributed by atoms with Gasteiger partial charge in [-0.05, 0) is 36.2 Å². The van der Waals surface area contributed by atoms with Crippen molar-refractivity contribution in [2.75, 3.05) is 13.2 Å². The molecule has 0 aliphatic carbocycles. The van der Waals surface area contributed by atoms with E-state index in [2.05, 4.69) is 17.8 Å². The molecule has 176 valence electrons. The van der Waals surface area contributed by atoms with Crippen LogP contribution in [0, 0.1) is 5.92 Å². The standard InChI is InChI=1S/C26H33N3O4/c1-2-3-4-5-9-16-33-23-14-12-21(13-15-23)25(31)27-28-26(32)22-17-24(30)29(19-22)18-20-10-7-6-8-11-20/h6-8,10-15,22H,2-5,9,16-19H2,1H3,(H,27,31)(H,28,32). The third kappa shape index (κ3) is 7.63. The van der Waals surface area contributed by atoms with Gasteiger partial charge in [0.15, 0.2) is 0 Å². The van der Waals surface area contributed by atoms with Crippen molar-refractivity contribution in [2.45, 2.75) is 52.0 Å². The van der Waals surface area contributed by atoms with Crippen LogP contribution in [0.4, 0.5) is 0 Å². The molecule has 2 aromatic carbocycles. The molecule has 0 bridgehead atoms. The number of nitrogens with zero attached hydrogens (tertiary/aromatic N) is 1. The third-order valence-corrected chi connectivity index (χ3v) is 5.73. The predicted octanol–water partition coefficient (Wildman–Crippen LogP) is 3.85. The highest BCUT2D eigenvalue weighted by atomic mass is 16.5. The minimum atomic E-state index is -0.491. The number of hydrogen-bond acceptors (Lipinski definition) is 4. The molecule has 3 rings (SSSR count). The number of carbonyl (C=O) groups excluding carboxylic acids is 3. The number of ether oxygens (including phenoxy) is 1. The summed E-state index contributed by atoms with van der Waals surface area (Å²) in [4.78, 5) is 38.8. The highest BCUT2D eigenvalue weighted by Gasteiger charge is 2.34. The Morgan fingerprint density at radius 1 is 0.970 bits per heavy atom. The van der Waals surface area contributed by atoms with Gasteiger partial charge in [-0.3, -0.25) is 25.2 Å². The van der Waals surface area contributed by atoms with Gasteiger partial charge >= 0.3 is 0 Å². The molecule has 1 aliphatic rings. The maximum Gasteiger partial charge on any atom is 0.269 e. The second-order valence-corrected chi connectivity index (χ2v) is 8.39. The Morgan fingerprint density at radius 2 is 1.70 bits per heavy atom. The van der Waals surface area contributed by atoms with E-state index >= 15 is 0 Å². The summed E-state index contributed by atoms with van der Waals surface area (Å²) in [5, 5.41) is 0. The van der Waals surface area contributed by atoms with Gasteiger partial charge in [0.1, 0.15) is 5.75 Å². The van der Waals surface area contributed by atoms with E-state index in [9.17, 15) is 14.4 Å². The molecule has 1 unspecified atom stereocenters. The van der Waals surface area contributed by atoms with Gasteiger partial charge in [-0.25, -0.2) is 0 Å². The monoisotopic (exact) mass is 451 g/mol. The van der Waals surface area contributed by atoms with E-state index in [1.807, 2.05) is 30.3 Å². The molecule has 7 heteroatoms. The zero-order valence-electron chi connectivity index (χ0n) is 19.2. The Labute approximate surface area is 195 Å². The molecule has 7 nitrogen and oxygen atoms in total. The van der Waals surface area contributed by atoms with E-state index in [1.165, 1.54) is 19.3 Å². The van der Waals surface area contributed by atoms with Crippen molar-refractivity contribution in [3.8, 4) is 5.75 Å². The molecular formula is C26H33N3O4. The molecule has 0 spiro atoms. The Morgan fingerprint density at radius 3 is 2.42 bits per heavy atom. The first kappa shape index (κ1) is 24.3. The van der Waals surface area contributed by atoms with Crippen LogP contribution in [0.3, 0.4) is 0 Å². The Balaban J connectivity index is 1.39. The second-order valence-electron chi connectivity index (χ2n) is 8.39. The van der Waals surface area contributed by atoms with Crippen molar-refractivity contribution < 1.29 is 19.1 Å². The number of unbranched alkanes of at least 4 members (excludes halogenated alkanes) is 4. The van der Waals surface area contributed by atoms with Crippen LogP contribution in [0.25, 0.3) is 0 Å². The lowest BCUT2D eigenvalue weighted by molar-refractivity contribution is -0.129. The minimum absolute atomic E-state index is 0.0636. The number of rotatable bonds is 11. The van der Waals surface area contributed by atoms with Crippen LogP contribution in [-0.4, -0.2) is 35.8 Å². The summed E-state index contributed by atoms with van der Waals surface area (Å²) in [5.41, 5.74) is 6.32. The van der Waals surface area contributed by atoms with Crippen LogP contribution < -0.4 is 15.6 Å². The van der Waals surface area contributed by atoms with Crippen molar-refractivity contribution in [1.29, 1.82) is 0 Å². The number of likely N-dealkylation sites (tertiary alicyclic amines) is 1. The Kier molecular flexibility index (Phi) is 9.30. The second kappa shape index (κ2) is 12.6. The average molecular weight is 452 g/mol. The molecule has 3 amide bonds. The van der Waals surface area contributed by atoms with E-state index in [0.29, 0.717) is 31.0 Å². The van der Waals surface area contributed by atoms with Gasteiger partial charge in [-0.15, -0.1) is 0 Å². The van der Waals surface area contributed by atoms with Gasteiger partial charge in [0.25, 0.3) is 5.91 Å². The van der Waals surface area contributed by atoms with E-state index in [4.69, 9.17) is 4.74 Å². The first-order chi connectivity index (χ1) is 16.1. The molecule has 1 atom stereocenters. The summed E-state index contributed by atoms with van der Waals surface area (Å²) >= 11 is 0. The van der Waals surface area contributed by atoms with Gasteiger partial charge < -0.3 is 9.64 Å². The molecule has 0 saturated carbocycles. The third-order valence-electron chi connectivity index (χ3n) is 5.73. The number of nitrogens with one attached hydrogen (secondary N) is 2. The molecule has 2 N–H and O–H groups in total. The largest absolute Gasteiger partial charge is 0.494 e. The van der Waals surface area contributed by atoms with Gasteiger partial charge in [0.2, 0.25) is 11.8 Å². The Bertz CT molecular complexity index is 915. The lowest BCUT2D eigenvalue weighted by atomic mass is 10.1. The van der Waals surface area contributed by atoms with Crippen molar-refractivity contribution in [2.24, 2.45) is 5.92 Å². The summed E-state index contributed by atoms with van der Waals surface area (Å²) in [6.07, 6.45) is 6.01. The molecule has 0 aromatic heterocycles. The zero-order valence-corrected chi connectivity index (χ0v) is 19.2. The number of benzene rings is 2. The zero-order chi connectivity index (χ0) is 23.5. The minimum Gasteiger partial charge on any atom is -0.494 e. The van der Waals surface area contributed by atoms with Crippen molar-refractivity contribution in [3.05, 3.63) is 65.7 Å². The van der Waals surface area contributed by atoms with Gasteiger partial charge in [0.05, 0.1) is 12.5 Å². The maximum atomic E-state index is 12.5. The molecule has 2 aromatic rings. The van der Waals surface area contributed by atoms with Crippen molar-refractivity contribution >= 4 is 17.7 Å². The normalized spacial score (nSPS) is 15.4. The summed E-state index contributed by atoms with van der Waals surface area (Å²) in [6, 6.07) is 16.5. The quantitative estimate of drug-likeness (QED) is 0.401. The molecule has 1 saturated heterocycles. The topological polar surface area (TPSA) is 87.7 Å². The smallest absolute Gasteiger partial charge is 0.269 e. The number of hydrogen-bond donors (Lipinski definition) is 2. The van der Waals surface area contributed by atoms with Gasteiger partial charge in [-0.2, -0.15) is 0 Å². The van der Waals surface area contributed by atoms with Gasteiger partial charge in [-0.1, -0.05) is 62.9 Å². The van der Waals surface area contributed by atoms with E-state index in [1.54, 1.807) is 29.2 Å². The first-order valence-corrected chi connectivity index (χ1v) is 11.7. The van der Waals surface area contributed by atoms with Crippen LogP contribution in [-0.2, 0) is 16.1 Å². The average Bonchev–Trinajstić information content (AvgIpc) is 3.20. The first-order valence-electron chi connectivity index (χ1n) is 11.7. The predicted molar refractivity (Wildman–Crippen MR) is 126 cm³/mol. The fraction of sp³-hybridized carbons (Fsp3) is 0.423. The summed E-state index contributed by atoms with van der Waals surface area (Å²) in [7, 11) is 0. The molecule has 1 aliphatic heterocycles. The summed E-state index contributed by atoms with van der Waals surface area (Å²) in [5.74, 6) is -0.620. The lowest BCUT2D eigenvalue weighted by Gasteiger charge is -2.16. The molecular weight excluding hydrogens is 418 g/mol.